The lowest BCUT2D eigenvalue weighted by atomic mass is 10.2. The van der Waals surface area contributed by atoms with Gasteiger partial charge in [0.15, 0.2) is 0 Å². The summed E-state index contributed by atoms with van der Waals surface area (Å²) in [5.41, 5.74) is 1.07. The Morgan fingerprint density at radius 1 is 1.50 bits per heavy atom. The van der Waals surface area contributed by atoms with Gasteiger partial charge >= 0.3 is 0 Å². The Balaban J connectivity index is 1.79. The predicted octanol–water partition coefficient (Wildman–Crippen LogP) is 2.25. The molecule has 1 N–H and O–H groups in total. The third-order valence-electron chi connectivity index (χ3n) is 3.14. The van der Waals surface area contributed by atoms with E-state index in [1.807, 2.05) is 6.07 Å². The lowest BCUT2D eigenvalue weighted by Gasteiger charge is -2.12. The fraction of sp³-hybridized carbons (Fsp3) is 0.538. The molecule has 18 heavy (non-hydrogen) atoms. The maximum absolute atomic E-state index is 10.6. The van der Waals surface area contributed by atoms with Crippen LogP contribution < -0.4 is 5.32 Å². The minimum absolute atomic E-state index is 0.139. The molecule has 1 aliphatic rings. The van der Waals surface area contributed by atoms with Crippen LogP contribution in [0.25, 0.3) is 0 Å². The van der Waals surface area contributed by atoms with Crippen LogP contribution in [-0.2, 0) is 11.3 Å². The van der Waals surface area contributed by atoms with Crippen LogP contribution in [0.1, 0.15) is 25.3 Å². The lowest BCUT2D eigenvalue weighted by molar-refractivity contribution is -0.384. The molecule has 1 aromatic carbocycles. The number of hydrogen-bond acceptors (Lipinski definition) is 4. The number of nitro groups is 1. The molecule has 1 saturated heterocycles. The summed E-state index contributed by atoms with van der Waals surface area (Å²) in [5.74, 6) is 0. The van der Waals surface area contributed by atoms with Crippen LogP contribution in [-0.4, -0.2) is 23.7 Å². The first-order chi connectivity index (χ1) is 8.65. The van der Waals surface area contributed by atoms with Crippen molar-refractivity contribution in [2.75, 3.05) is 6.54 Å². The standard InChI is InChI=1S/C13H18N2O3/c1-10-5-6-13(18-10)9-14-8-11-3-2-4-12(7-11)15(16)17/h2-4,7,10,13-14H,5-6,8-9H2,1H3. The molecule has 0 radical (unpaired) electrons. The molecule has 0 spiro atoms. The average molecular weight is 250 g/mol. The second-order valence-electron chi connectivity index (χ2n) is 4.70. The maximum atomic E-state index is 10.6. The van der Waals surface area contributed by atoms with Crippen LogP contribution in [0.3, 0.4) is 0 Å². The number of hydrogen-bond donors (Lipinski definition) is 1. The Morgan fingerprint density at radius 2 is 2.33 bits per heavy atom. The van der Waals surface area contributed by atoms with Gasteiger partial charge in [0.25, 0.3) is 5.69 Å². The zero-order chi connectivity index (χ0) is 13.0. The van der Waals surface area contributed by atoms with Gasteiger partial charge in [0.05, 0.1) is 17.1 Å². The fourth-order valence-electron chi connectivity index (χ4n) is 2.19. The SMILES string of the molecule is CC1CCC(CNCc2cccc([N+](=O)[O-])c2)O1. The van der Waals surface area contributed by atoms with E-state index in [9.17, 15) is 10.1 Å². The van der Waals surface area contributed by atoms with E-state index in [4.69, 9.17) is 4.74 Å². The first-order valence-corrected chi connectivity index (χ1v) is 6.24. The van der Waals surface area contributed by atoms with Gasteiger partial charge in [-0.3, -0.25) is 10.1 Å². The lowest BCUT2D eigenvalue weighted by Crippen LogP contribution is -2.26. The number of nitrogens with zero attached hydrogens (tertiary/aromatic N) is 1. The highest BCUT2D eigenvalue weighted by Crippen LogP contribution is 2.18. The van der Waals surface area contributed by atoms with Gasteiger partial charge in [-0.25, -0.2) is 0 Å². The van der Waals surface area contributed by atoms with Crippen LogP contribution in [0.15, 0.2) is 24.3 Å². The molecule has 1 fully saturated rings. The predicted molar refractivity (Wildman–Crippen MR) is 68.4 cm³/mol. The van der Waals surface area contributed by atoms with Crippen molar-refractivity contribution in [1.29, 1.82) is 0 Å². The van der Waals surface area contributed by atoms with E-state index in [1.165, 1.54) is 6.07 Å². The molecule has 0 amide bonds. The van der Waals surface area contributed by atoms with E-state index >= 15 is 0 Å². The highest BCUT2D eigenvalue weighted by atomic mass is 16.6. The first-order valence-electron chi connectivity index (χ1n) is 6.24. The quantitative estimate of drug-likeness (QED) is 0.643. The van der Waals surface area contributed by atoms with E-state index in [0.29, 0.717) is 12.6 Å². The average Bonchev–Trinajstić information content (AvgIpc) is 2.75. The number of nitro benzene ring substituents is 1. The summed E-state index contributed by atoms with van der Waals surface area (Å²) in [4.78, 5) is 10.3. The van der Waals surface area contributed by atoms with Gasteiger partial charge in [-0.05, 0) is 25.3 Å². The van der Waals surface area contributed by atoms with Gasteiger partial charge in [0.1, 0.15) is 0 Å². The first kappa shape index (κ1) is 13.0. The Kier molecular flexibility index (Phi) is 4.28. The summed E-state index contributed by atoms with van der Waals surface area (Å²) < 4.78 is 5.69. The zero-order valence-corrected chi connectivity index (χ0v) is 10.5. The van der Waals surface area contributed by atoms with Crippen molar-refractivity contribution in [3.05, 3.63) is 39.9 Å². The summed E-state index contributed by atoms with van der Waals surface area (Å²) in [6.07, 6.45) is 2.83. The van der Waals surface area contributed by atoms with Gasteiger partial charge < -0.3 is 10.1 Å². The summed E-state index contributed by atoms with van der Waals surface area (Å²) in [6.45, 7) is 3.52. The maximum Gasteiger partial charge on any atom is 0.269 e. The van der Waals surface area contributed by atoms with Crippen LogP contribution in [0, 0.1) is 10.1 Å². The van der Waals surface area contributed by atoms with Crippen molar-refractivity contribution >= 4 is 5.69 Å². The van der Waals surface area contributed by atoms with Crippen molar-refractivity contribution in [3.63, 3.8) is 0 Å². The van der Waals surface area contributed by atoms with Crippen LogP contribution in [0.4, 0.5) is 5.69 Å². The molecular weight excluding hydrogens is 232 g/mol. The summed E-state index contributed by atoms with van der Waals surface area (Å²) >= 11 is 0. The Morgan fingerprint density at radius 3 is 3.00 bits per heavy atom. The van der Waals surface area contributed by atoms with Crippen molar-refractivity contribution in [3.8, 4) is 0 Å². The van der Waals surface area contributed by atoms with Crippen LogP contribution in [0.5, 0.6) is 0 Å². The Bertz CT molecular complexity index is 422. The van der Waals surface area contributed by atoms with Crippen molar-refractivity contribution < 1.29 is 9.66 Å². The molecule has 0 bridgehead atoms. The van der Waals surface area contributed by atoms with E-state index in [0.717, 1.165) is 24.9 Å². The molecular formula is C13H18N2O3. The van der Waals surface area contributed by atoms with Gasteiger partial charge in [0, 0.05) is 25.2 Å². The zero-order valence-electron chi connectivity index (χ0n) is 10.5. The van der Waals surface area contributed by atoms with Crippen molar-refractivity contribution in [1.82, 2.24) is 5.32 Å². The number of ether oxygens (including phenoxy) is 1. The Labute approximate surface area is 106 Å². The third kappa shape index (κ3) is 3.51. The summed E-state index contributed by atoms with van der Waals surface area (Å²) in [5, 5.41) is 13.9. The van der Waals surface area contributed by atoms with E-state index in [2.05, 4.69) is 12.2 Å². The fourth-order valence-corrected chi connectivity index (χ4v) is 2.19. The molecule has 1 heterocycles. The highest BCUT2D eigenvalue weighted by Gasteiger charge is 2.20. The summed E-state index contributed by atoms with van der Waals surface area (Å²) in [6, 6.07) is 6.71. The molecule has 0 saturated carbocycles. The summed E-state index contributed by atoms with van der Waals surface area (Å²) in [7, 11) is 0. The Hall–Kier alpha value is -1.46. The van der Waals surface area contributed by atoms with Gasteiger partial charge in [-0.1, -0.05) is 12.1 Å². The number of non-ortho nitro benzene ring substituents is 1. The monoisotopic (exact) mass is 250 g/mol. The molecule has 2 atom stereocenters. The smallest absolute Gasteiger partial charge is 0.269 e. The number of benzene rings is 1. The molecule has 2 unspecified atom stereocenters. The minimum Gasteiger partial charge on any atom is -0.374 e. The van der Waals surface area contributed by atoms with Crippen LogP contribution >= 0.6 is 0 Å². The molecule has 5 heteroatoms. The highest BCUT2D eigenvalue weighted by molar-refractivity contribution is 5.34. The number of rotatable bonds is 5. The minimum atomic E-state index is -0.370. The van der Waals surface area contributed by atoms with Crippen molar-refractivity contribution in [2.24, 2.45) is 0 Å². The van der Waals surface area contributed by atoms with Gasteiger partial charge in [0.2, 0.25) is 0 Å². The second kappa shape index (κ2) is 5.93. The largest absolute Gasteiger partial charge is 0.374 e. The van der Waals surface area contributed by atoms with Gasteiger partial charge in [-0.15, -0.1) is 0 Å². The third-order valence-corrected chi connectivity index (χ3v) is 3.14. The number of nitrogens with one attached hydrogen (secondary N) is 1. The van der Waals surface area contributed by atoms with Gasteiger partial charge in [-0.2, -0.15) is 0 Å². The molecule has 98 valence electrons. The van der Waals surface area contributed by atoms with E-state index < -0.39 is 0 Å². The molecule has 0 aliphatic carbocycles. The van der Waals surface area contributed by atoms with Crippen LogP contribution in [0.2, 0.25) is 0 Å². The second-order valence-corrected chi connectivity index (χ2v) is 4.70. The molecule has 5 nitrogen and oxygen atoms in total. The molecule has 1 aromatic rings. The van der Waals surface area contributed by atoms with E-state index in [1.54, 1.807) is 12.1 Å². The molecule has 0 aromatic heterocycles. The molecule has 1 aliphatic heterocycles. The topological polar surface area (TPSA) is 64.4 Å². The normalized spacial score (nSPS) is 23.2. The van der Waals surface area contributed by atoms with Crippen molar-refractivity contribution in [2.45, 2.75) is 38.5 Å². The molecule has 2 rings (SSSR count). The van der Waals surface area contributed by atoms with E-state index in [-0.39, 0.29) is 16.7 Å².